The van der Waals surface area contributed by atoms with Crippen molar-refractivity contribution in [3.05, 3.63) is 0 Å². The molecule has 3 atom stereocenters. The highest BCUT2D eigenvalue weighted by atomic mass is 16.7. The van der Waals surface area contributed by atoms with E-state index in [2.05, 4.69) is 13.8 Å². The van der Waals surface area contributed by atoms with E-state index in [9.17, 15) is 0 Å². The molecule has 11 heavy (non-hydrogen) atoms. The fourth-order valence-corrected chi connectivity index (χ4v) is 1.94. The topological polar surface area (TPSA) is 18.5 Å². The molecule has 3 unspecified atom stereocenters. The van der Waals surface area contributed by atoms with Crippen LogP contribution in [0.5, 0.6) is 0 Å². The molecule has 2 aliphatic rings. The number of fused-ring (bicyclic) bond motifs is 1. The number of ether oxygens (including phenoxy) is 2. The van der Waals surface area contributed by atoms with Crippen molar-refractivity contribution in [3.63, 3.8) is 0 Å². The monoisotopic (exact) mass is 156 g/mol. The van der Waals surface area contributed by atoms with Crippen molar-refractivity contribution in [2.45, 2.75) is 39.1 Å². The van der Waals surface area contributed by atoms with Crippen molar-refractivity contribution in [2.24, 2.45) is 11.8 Å². The molecule has 2 fully saturated rings. The Labute approximate surface area is 67.9 Å². The van der Waals surface area contributed by atoms with Crippen LogP contribution in [0.25, 0.3) is 0 Å². The van der Waals surface area contributed by atoms with Crippen LogP contribution in [0.4, 0.5) is 0 Å². The Bertz CT molecular complexity index is 132. The Morgan fingerprint density at radius 3 is 2.82 bits per heavy atom. The van der Waals surface area contributed by atoms with Crippen LogP contribution in [0.15, 0.2) is 0 Å². The van der Waals surface area contributed by atoms with Crippen LogP contribution < -0.4 is 0 Å². The van der Waals surface area contributed by atoms with Crippen molar-refractivity contribution in [3.8, 4) is 0 Å². The largest absolute Gasteiger partial charge is 0.352 e. The summed E-state index contributed by atoms with van der Waals surface area (Å²) in [4.78, 5) is 0. The Morgan fingerprint density at radius 1 is 1.36 bits per heavy atom. The zero-order chi connectivity index (χ0) is 7.84. The molecule has 2 nitrogen and oxygen atoms in total. The standard InChI is InChI=1S/C9H16O2/c1-6(2)8-5-7-3-4-10-9(7)11-8/h6-9H,3-5H2,1-2H3. The summed E-state index contributed by atoms with van der Waals surface area (Å²) in [6.45, 7) is 5.33. The predicted molar refractivity (Wildman–Crippen MR) is 42.2 cm³/mol. The first-order chi connectivity index (χ1) is 5.27. The molecule has 0 bridgehead atoms. The molecule has 0 aromatic heterocycles. The van der Waals surface area contributed by atoms with Gasteiger partial charge in [-0.25, -0.2) is 0 Å². The molecule has 0 N–H and O–H groups in total. The van der Waals surface area contributed by atoms with Crippen LogP contribution in [0.1, 0.15) is 26.7 Å². The van der Waals surface area contributed by atoms with E-state index in [4.69, 9.17) is 9.47 Å². The van der Waals surface area contributed by atoms with E-state index in [1.807, 2.05) is 0 Å². The summed E-state index contributed by atoms with van der Waals surface area (Å²) in [6.07, 6.45) is 3.00. The number of rotatable bonds is 1. The fourth-order valence-electron chi connectivity index (χ4n) is 1.94. The van der Waals surface area contributed by atoms with Gasteiger partial charge in [0.2, 0.25) is 0 Å². The third kappa shape index (κ3) is 1.30. The normalized spacial score (nSPS) is 43.4. The molecule has 0 saturated carbocycles. The van der Waals surface area contributed by atoms with Gasteiger partial charge in [-0.2, -0.15) is 0 Å². The van der Waals surface area contributed by atoms with E-state index in [-0.39, 0.29) is 6.29 Å². The van der Waals surface area contributed by atoms with Gasteiger partial charge in [-0.3, -0.25) is 0 Å². The smallest absolute Gasteiger partial charge is 0.160 e. The Hall–Kier alpha value is -0.0800. The van der Waals surface area contributed by atoms with E-state index in [0.29, 0.717) is 17.9 Å². The molecule has 0 aliphatic carbocycles. The Kier molecular flexibility index (Phi) is 1.90. The third-order valence-corrected chi connectivity index (χ3v) is 2.74. The first-order valence-corrected chi connectivity index (χ1v) is 4.54. The Balaban J connectivity index is 1.94. The predicted octanol–water partition coefficient (Wildman–Crippen LogP) is 1.79. The summed E-state index contributed by atoms with van der Waals surface area (Å²) in [5, 5.41) is 0. The lowest BCUT2D eigenvalue weighted by Gasteiger charge is -2.15. The summed E-state index contributed by atoms with van der Waals surface area (Å²) >= 11 is 0. The minimum atomic E-state index is 0.141. The van der Waals surface area contributed by atoms with E-state index in [1.54, 1.807) is 0 Å². The first kappa shape index (κ1) is 7.56. The van der Waals surface area contributed by atoms with Gasteiger partial charge < -0.3 is 9.47 Å². The molecule has 0 aromatic carbocycles. The van der Waals surface area contributed by atoms with Gasteiger partial charge >= 0.3 is 0 Å². The second-order valence-electron chi connectivity index (χ2n) is 3.94. The minimum Gasteiger partial charge on any atom is -0.352 e. The van der Waals surface area contributed by atoms with Crippen LogP contribution in [-0.4, -0.2) is 19.0 Å². The average Bonchev–Trinajstić information content (AvgIpc) is 2.40. The average molecular weight is 156 g/mol. The molecule has 2 heterocycles. The van der Waals surface area contributed by atoms with Crippen LogP contribution in [0.2, 0.25) is 0 Å². The summed E-state index contributed by atoms with van der Waals surface area (Å²) in [5.74, 6) is 1.34. The van der Waals surface area contributed by atoms with Crippen molar-refractivity contribution in [1.29, 1.82) is 0 Å². The maximum atomic E-state index is 5.72. The van der Waals surface area contributed by atoms with Crippen LogP contribution in [0.3, 0.4) is 0 Å². The molecule has 2 aliphatic heterocycles. The molecule has 0 amide bonds. The second-order valence-corrected chi connectivity index (χ2v) is 3.94. The van der Waals surface area contributed by atoms with Crippen molar-refractivity contribution < 1.29 is 9.47 Å². The van der Waals surface area contributed by atoms with Crippen molar-refractivity contribution >= 4 is 0 Å². The zero-order valence-electron chi connectivity index (χ0n) is 7.25. The molecule has 0 spiro atoms. The number of hydrogen-bond donors (Lipinski definition) is 0. The second kappa shape index (κ2) is 2.76. The van der Waals surface area contributed by atoms with Gasteiger partial charge in [-0.15, -0.1) is 0 Å². The SMILES string of the molecule is CC(C)C1CC2CCOC2O1. The molecule has 2 heteroatoms. The van der Waals surface area contributed by atoms with E-state index in [1.165, 1.54) is 12.8 Å². The summed E-state index contributed by atoms with van der Waals surface area (Å²) in [7, 11) is 0. The fraction of sp³-hybridized carbons (Fsp3) is 1.00. The zero-order valence-corrected chi connectivity index (χ0v) is 7.25. The molecule has 64 valence electrons. The highest BCUT2D eigenvalue weighted by Crippen LogP contribution is 2.37. The molecule has 0 radical (unpaired) electrons. The maximum absolute atomic E-state index is 5.72. The van der Waals surface area contributed by atoms with Gasteiger partial charge in [0, 0.05) is 5.92 Å². The van der Waals surface area contributed by atoms with Gasteiger partial charge in [0.15, 0.2) is 6.29 Å². The number of hydrogen-bond acceptors (Lipinski definition) is 2. The highest BCUT2D eigenvalue weighted by molar-refractivity contribution is 4.82. The first-order valence-electron chi connectivity index (χ1n) is 4.54. The molecular weight excluding hydrogens is 140 g/mol. The molecule has 2 rings (SSSR count). The lowest BCUT2D eigenvalue weighted by atomic mass is 9.97. The highest BCUT2D eigenvalue weighted by Gasteiger charge is 2.40. The molecule has 0 aromatic rings. The van der Waals surface area contributed by atoms with Crippen molar-refractivity contribution in [1.82, 2.24) is 0 Å². The molecule has 2 saturated heterocycles. The lowest BCUT2D eigenvalue weighted by molar-refractivity contribution is -0.125. The maximum Gasteiger partial charge on any atom is 0.160 e. The van der Waals surface area contributed by atoms with Crippen LogP contribution >= 0.6 is 0 Å². The Morgan fingerprint density at radius 2 is 2.18 bits per heavy atom. The van der Waals surface area contributed by atoms with Gasteiger partial charge in [-0.1, -0.05) is 13.8 Å². The van der Waals surface area contributed by atoms with Gasteiger partial charge in [0.25, 0.3) is 0 Å². The van der Waals surface area contributed by atoms with Crippen LogP contribution in [0, 0.1) is 11.8 Å². The van der Waals surface area contributed by atoms with Gasteiger partial charge in [-0.05, 0) is 18.8 Å². The van der Waals surface area contributed by atoms with E-state index < -0.39 is 0 Å². The lowest BCUT2D eigenvalue weighted by Crippen LogP contribution is -2.17. The van der Waals surface area contributed by atoms with E-state index in [0.717, 1.165) is 6.61 Å². The van der Waals surface area contributed by atoms with Crippen molar-refractivity contribution in [2.75, 3.05) is 6.61 Å². The summed E-state index contributed by atoms with van der Waals surface area (Å²) in [6, 6.07) is 0. The van der Waals surface area contributed by atoms with E-state index >= 15 is 0 Å². The summed E-state index contributed by atoms with van der Waals surface area (Å²) in [5.41, 5.74) is 0. The van der Waals surface area contributed by atoms with Gasteiger partial charge in [0.05, 0.1) is 12.7 Å². The third-order valence-electron chi connectivity index (χ3n) is 2.74. The van der Waals surface area contributed by atoms with Crippen LogP contribution in [-0.2, 0) is 9.47 Å². The molecular formula is C9H16O2. The quantitative estimate of drug-likeness (QED) is 0.576. The van der Waals surface area contributed by atoms with Gasteiger partial charge in [0.1, 0.15) is 0 Å². The summed E-state index contributed by atoms with van der Waals surface area (Å²) < 4.78 is 11.2. The minimum absolute atomic E-state index is 0.141.